The van der Waals surface area contributed by atoms with Crippen LogP contribution in [0.2, 0.25) is 0 Å². The van der Waals surface area contributed by atoms with Gasteiger partial charge in [-0.25, -0.2) is 0 Å². The number of hydrogen-bond donors (Lipinski definition) is 0. The van der Waals surface area contributed by atoms with Gasteiger partial charge in [-0.1, -0.05) is 566 Å². The highest BCUT2D eigenvalue weighted by atomic mass is 14.8. The SMILES string of the molecule is CCCCCCC(CCCC)CC(CC(CCC)CCCCC)(C(CCC)(CC(C)CCC(C)CCC(C)C)[C](CC(CCC)CCCCC)CC(C)(C)CC(C)CC(C)(C)C)C(CCCC(CCCC)CCCC)(CC(CCC)CCCCC)C(CCC(CCCC)CCCCC)(CC(CCC)CCCCC)C(C)CC(CCC)CCCCC. The fourth-order valence-corrected chi connectivity index (χ4v) is 27.2. The molecule has 0 N–H and O–H groups in total. The van der Waals surface area contributed by atoms with E-state index in [1.54, 1.807) is 12.8 Å². The molecule has 0 heteroatoms. The molecule has 0 saturated heterocycles. The van der Waals surface area contributed by atoms with Crippen LogP contribution in [0.1, 0.15) is 656 Å². The summed E-state index contributed by atoms with van der Waals surface area (Å²) in [6.45, 7) is 74.9. The minimum absolute atomic E-state index is 0.0678. The molecular weight excluding hydrogens is 1440 g/mol. The minimum Gasteiger partial charge on any atom is -0.0654 e. The molecule has 1 radical (unpaired) electrons. The van der Waals surface area contributed by atoms with Crippen LogP contribution in [0.3, 0.4) is 0 Å². The Morgan fingerprint density at radius 1 is 0.217 bits per heavy atom. The molecule has 0 nitrogen and oxygen atoms in total. The van der Waals surface area contributed by atoms with E-state index in [9.17, 15) is 0 Å². The molecule has 0 aliphatic carbocycles. The van der Waals surface area contributed by atoms with E-state index >= 15 is 0 Å². The van der Waals surface area contributed by atoms with Gasteiger partial charge in [-0.2, -0.15) is 0 Å². The second-order valence-corrected chi connectivity index (χ2v) is 47.0. The van der Waals surface area contributed by atoms with Gasteiger partial charge >= 0.3 is 0 Å². The van der Waals surface area contributed by atoms with E-state index in [0.29, 0.717) is 23.2 Å². The van der Waals surface area contributed by atoms with Crippen LogP contribution in [-0.4, -0.2) is 0 Å². The summed E-state index contributed by atoms with van der Waals surface area (Å²) in [4.78, 5) is 0. The lowest BCUT2D eigenvalue weighted by molar-refractivity contribution is -0.235. The van der Waals surface area contributed by atoms with Gasteiger partial charge in [0.05, 0.1) is 0 Å². The van der Waals surface area contributed by atoms with E-state index in [1.165, 1.54) is 449 Å². The molecule has 0 aromatic heterocycles. The number of unbranched alkanes of at least 4 members (excludes halogenated alkanes) is 19. The summed E-state index contributed by atoms with van der Waals surface area (Å²) in [7, 11) is 0. The second kappa shape index (κ2) is 73.6. The van der Waals surface area contributed by atoms with Gasteiger partial charge in [0.1, 0.15) is 0 Å². The zero-order chi connectivity index (χ0) is 90.0. The van der Waals surface area contributed by atoms with Crippen LogP contribution in [0.25, 0.3) is 0 Å². The summed E-state index contributed by atoms with van der Waals surface area (Å²) in [5.74, 6) is 12.1. The normalized spacial score (nSPS) is 17.5. The van der Waals surface area contributed by atoms with Crippen molar-refractivity contribution in [2.75, 3.05) is 0 Å². The topological polar surface area (TPSA) is 0 Å². The molecule has 0 aromatic carbocycles. The predicted octanol–water partition coefficient (Wildman–Crippen LogP) is 44.1. The Morgan fingerprint density at radius 3 is 0.975 bits per heavy atom. The van der Waals surface area contributed by atoms with E-state index in [0.717, 1.165) is 59.2 Å². The molecule has 721 valence electrons. The van der Waals surface area contributed by atoms with E-state index in [4.69, 9.17) is 0 Å². The molecule has 120 heavy (non-hydrogen) atoms. The van der Waals surface area contributed by atoms with Gasteiger partial charge in [-0.15, -0.1) is 0 Å². The van der Waals surface area contributed by atoms with Crippen molar-refractivity contribution in [3.8, 4) is 0 Å². The molecule has 15 unspecified atom stereocenters. The van der Waals surface area contributed by atoms with E-state index in [-0.39, 0.29) is 27.1 Å². The first-order chi connectivity index (χ1) is 57.6. The van der Waals surface area contributed by atoms with Crippen molar-refractivity contribution < 1.29 is 0 Å². The van der Waals surface area contributed by atoms with Crippen LogP contribution in [0.5, 0.6) is 0 Å². The predicted molar refractivity (Wildman–Crippen MR) is 555 cm³/mol. The Bertz CT molecular complexity index is 2150. The lowest BCUT2D eigenvalue weighted by Gasteiger charge is -2.74. The van der Waals surface area contributed by atoms with E-state index in [2.05, 4.69) is 200 Å². The molecule has 0 rings (SSSR count). The summed E-state index contributed by atoms with van der Waals surface area (Å²) in [5, 5.41) is 0. The van der Waals surface area contributed by atoms with Crippen LogP contribution in [0, 0.1) is 115 Å². The molecule has 0 saturated carbocycles. The van der Waals surface area contributed by atoms with Crippen LogP contribution < -0.4 is 0 Å². The first-order valence-corrected chi connectivity index (χ1v) is 57.4. The molecular formula is C120H241. The van der Waals surface area contributed by atoms with Gasteiger partial charge < -0.3 is 0 Å². The van der Waals surface area contributed by atoms with Crippen LogP contribution in [0.15, 0.2) is 0 Å². The highest BCUT2D eigenvalue weighted by Crippen LogP contribution is 2.79. The summed E-state index contributed by atoms with van der Waals surface area (Å²) in [6.07, 6.45) is 103. The molecule has 0 aromatic rings. The van der Waals surface area contributed by atoms with Gasteiger partial charge in [0.25, 0.3) is 0 Å². The largest absolute Gasteiger partial charge is 0.0654 e. The highest BCUT2D eigenvalue weighted by Gasteiger charge is 2.71. The third-order valence-electron chi connectivity index (χ3n) is 32.8. The zero-order valence-corrected chi connectivity index (χ0v) is 89.9. The molecule has 0 spiro atoms. The summed E-state index contributed by atoms with van der Waals surface area (Å²) < 4.78 is 0. The fourth-order valence-electron chi connectivity index (χ4n) is 27.2. The Kier molecular flexibility index (Phi) is 73.6. The Morgan fingerprint density at radius 2 is 0.550 bits per heavy atom. The Labute approximate surface area is 766 Å². The van der Waals surface area contributed by atoms with Crippen molar-refractivity contribution in [2.45, 2.75) is 656 Å². The Balaban J connectivity index is 13.5. The smallest absolute Gasteiger partial charge is 0.0165 e. The maximum atomic E-state index is 3.23. The quantitative estimate of drug-likeness (QED) is 0.0533. The third kappa shape index (κ3) is 49.3. The highest BCUT2D eigenvalue weighted by molar-refractivity contribution is 5.26. The average Bonchev–Trinajstić information content (AvgIpc) is 0.676. The van der Waals surface area contributed by atoms with Crippen molar-refractivity contribution in [3.05, 3.63) is 5.92 Å². The minimum atomic E-state index is 0.0678. The van der Waals surface area contributed by atoms with Gasteiger partial charge in [-0.3, -0.25) is 0 Å². The average molecular weight is 1680 g/mol. The maximum absolute atomic E-state index is 3.23. The van der Waals surface area contributed by atoms with Crippen molar-refractivity contribution >= 4 is 0 Å². The van der Waals surface area contributed by atoms with E-state index < -0.39 is 0 Å². The van der Waals surface area contributed by atoms with Crippen molar-refractivity contribution in [1.29, 1.82) is 0 Å². The first kappa shape index (κ1) is 120. The zero-order valence-electron chi connectivity index (χ0n) is 89.9. The number of hydrogen-bond acceptors (Lipinski definition) is 0. The van der Waals surface area contributed by atoms with Crippen molar-refractivity contribution in [3.63, 3.8) is 0 Å². The van der Waals surface area contributed by atoms with Gasteiger partial charge in [0.2, 0.25) is 0 Å². The van der Waals surface area contributed by atoms with Crippen LogP contribution in [-0.2, 0) is 0 Å². The molecule has 0 fully saturated rings. The Hall–Kier alpha value is 0. The van der Waals surface area contributed by atoms with Crippen molar-refractivity contribution in [1.82, 2.24) is 0 Å². The summed E-state index contributed by atoms with van der Waals surface area (Å²) >= 11 is 0. The second-order valence-electron chi connectivity index (χ2n) is 47.0. The van der Waals surface area contributed by atoms with Crippen molar-refractivity contribution in [2.24, 2.45) is 109 Å². The van der Waals surface area contributed by atoms with Gasteiger partial charge in [-0.05, 0) is 205 Å². The molecule has 0 amide bonds. The van der Waals surface area contributed by atoms with Gasteiger partial charge in [0.15, 0.2) is 0 Å². The summed E-state index contributed by atoms with van der Waals surface area (Å²) in [5.41, 5.74) is 0.927. The third-order valence-corrected chi connectivity index (χ3v) is 32.8. The van der Waals surface area contributed by atoms with Crippen LogP contribution in [0.4, 0.5) is 0 Å². The van der Waals surface area contributed by atoms with Crippen LogP contribution >= 0.6 is 0 Å². The number of rotatable bonds is 90. The summed E-state index contributed by atoms with van der Waals surface area (Å²) in [6, 6.07) is 0. The molecule has 15 atom stereocenters. The van der Waals surface area contributed by atoms with E-state index in [1.807, 2.05) is 0 Å². The fraction of sp³-hybridized carbons (Fsp3) is 0.992. The molecule has 0 aliphatic rings. The molecule has 0 aliphatic heterocycles. The monoisotopic (exact) mass is 1680 g/mol. The standard InChI is InChI=1S/C120H241/c1-29-46-57-64-81-113(74-56-39-11)99-120(98-112(70-44-16)80-63-52-35-7,118(88-45-17,95-103(21)86-85-102(20)84-83-101(18)19)114(92-109(67-41-13)77-60-49-32-4)100-116(27,28)94-104(22)93-115(24,25)26)119(97-111(69-43-15)79-62-51-34-6,89-65-82-106(71-53-36-8)72-54-37-9)117(96-110(68-42-14)78-61-50-33-5,90-87-107(73-55-38-10)75-58-47-30-2)105(23)91-108(66-40-12)76-59-48-31-3/h101-113H,29-100H2,1-28H3. The van der Waals surface area contributed by atoms with Gasteiger partial charge in [0, 0.05) is 0 Å². The lowest BCUT2D eigenvalue weighted by atomic mass is 9.30. The lowest BCUT2D eigenvalue weighted by Crippen LogP contribution is -2.66. The maximum Gasteiger partial charge on any atom is -0.0165 e. The molecule has 0 heterocycles. The first-order valence-electron chi connectivity index (χ1n) is 57.4. The molecule has 0 bridgehead atoms.